The van der Waals surface area contributed by atoms with Crippen molar-refractivity contribution >= 4 is 51.5 Å². The number of halogens is 2. The summed E-state index contributed by atoms with van der Waals surface area (Å²) in [5, 5.41) is 7.81. The van der Waals surface area contributed by atoms with Crippen LogP contribution in [-0.4, -0.2) is 43.6 Å². The summed E-state index contributed by atoms with van der Waals surface area (Å²) in [6.45, 7) is 6.15. The molecular weight excluding hydrogens is 518 g/mol. The van der Waals surface area contributed by atoms with Crippen molar-refractivity contribution in [2.45, 2.75) is 13.3 Å². The third-order valence-electron chi connectivity index (χ3n) is 4.98. The molecule has 0 unspecified atom stereocenters. The van der Waals surface area contributed by atoms with Gasteiger partial charge in [-0.15, -0.1) is 0 Å². The highest BCUT2D eigenvalue weighted by Crippen LogP contribution is 2.30. The monoisotopic (exact) mass is 544 g/mol. The summed E-state index contributed by atoms with van der Waals surface area (Å²) in [5.74, 6) is -2.19. The maximum Gasteiger partial charge on any atom is 0.321 e. The number of hydrogen-bond donors (Lipinski definition) is 4. The van der Waals surface area contributed by atoms with Crippen molar-refractivity contribution in [1.82, 2.24) is 10.3 Å². The van der Waals surface area contributed by atoms with Gasteiger partial charge in [-0.2, -0.15) is 0 Å². The number of hydrogen-bond acceptors (Lipinski definition) is 8. The van der Waals surface area contributed by atoms with E-state index in [1.165, 1.54) is 26.4 Å². The van der Waals surface area contributed by atoms with E-state index in [1.54, 1.807) is 12.1 Å². The predicted molar refractivity (Wildman–Crippen MR) is 144 cm³/mol. The highest BCUT2D eigenvalue weighted by Gasteiger charge is 2.20. The van der Waals surface area contributed by atoms with Crippen LogP contribution in [0.5, 0.6) is 5.75 Å². The molecule has 0 atom stereocenters. The molecule has 200 valence electrons. The molecule has 3 amide bonds. The number of thiazole rings is 1. The van der Waals surface area contributed by atoms with E-state index in [0.29, 0.717) is 18.4 Å². The number of nitrogen functional groups attached to an aromatic ring is 1. The van der Waals surface area contributed by atoms with E-state index in [0.717, 1.165) is 23.8 Å². The maximum absolute atomic E-state index is 14.7. The average molecular weight is 545 g/mol. The minimum atomic E-state index is -0.991. The van der Waals surface area contributed by atoms with Crippen molar-refractivity contribution in [3.63, 3.8) is 0 Å². The van der Waals surface area contributed by atoms with Gasteiger partial charge in [0.15, 0.2) is 5.13 Å². The molecule has 5 N–H and O–H groups in total. The van der Waals surface area contributed by atoms with Gasteiger partial charge in [-0.3, -0.25) is 10.1 Å². The first kappa shape index (κ1) is 28.1. The van der Waals surface area contributed by atoms with Gasteiger partial charge < -0.3 is 25.8 Å². The van der Waals surface area contributed by atoms with Crippen molar-refractivity contribution in [2.75, 3.05) is 37.1 Å². The van der Waals surface area contributed by atoms with Crippen LogP contribution in [0.25, 0.3) is 5.70 Å². The summed E-state index contributed by atoms with van der Waals surface area (Å²) in [4.78, 5) is 33.1. The maximum atomic E-state index is 14.7. The summed E-state index contributed by atoms with van der Waals surface area (Å²) in [5.41, 5.74) is 5.56. The summed E-state index contributed by atoms with van der Waals surface area (Å²) in [7, 11) is 2.76. The molecule has 1 aromatic heterocycles. The number of amides is 3. The molecule has 0 saturated heterocycles. The molecule has 0 aliphatic carbocycles. The lowest BCUT2D eigenvalue weighted by atomic mass is 10.1. The summed E-state index contributed by atoms with van der Waals surface area (Å²) in [6.07, 6.45) is 0.758. The zero-order valence-corrected chi connectivity index (χ0v) is 21.7. The first-order chi connectivity index (χ1) is 18.2. The van der Waals surface area contributed by atoms with Crippen LogP contribution in [0.4, 0.5) is 30.2 Å². The topological polar surface area (TPSA) is 140 Å². The van der Waals surface area contributed by atoms with Crippen molar-refractivity contribution in [3.8, 4) is 5.75 Å². The Morgan fingerprint density at radius 3 is 2.61 bits per heavy atom. The SMILES string of the molecule is C=C(N=C(OC)c1sc(NC(=O)NCCC)nc1N)c1cc(NC(=O)c2cccc(OC)c2)c(F)cc1F. The van der Waals surface area contributed by atoms with Crippen LogP contribution in [0.3, 0.4) is 0 Å². The molecule has 10 nitrogen and oxygen atoms in total. The number of rotatable bonds is 9. The third kappa shape index (κ3) is 6.82. The molecule has 0 bridgehead atoms. The number of nitrogens with zero attached hydrogens (tertiary/aromatic N) is 2. The van der Waals surface area contributed by atoms with Gasteiger partial charge >= 0.3 is 6.03 Å². The van der Waals surface area contributed by atoms with E-state index in [1.807, 2.05) is 6.92 Å². The second kappa shape index (κ2) is 12.6. The van der Waals surface area contributed by atoms with Crippen LogP contribution in [0, 0.1) is 11.6 Å². The molecule has 2 aromatic carbocycles. The molecular formula is C25H26F2N6O4S. The van der Waals surface area contributed by atoms with Gasteiger partial charge in [0, 0.05) is 23.7 Å². The molecule has 0 fully saturated rings. The van der Waals surface area contributed by atoms with Crippen LogP contribution < -0.4 is 26.4 Å². The van der Waals surface area contributed by atoms with Gasteiger partial charge in [0.2, 0.25) is 5.90 Å². The number of benzene rings is 2. The normalized spacial score (nSPS) is 11.0. The number of carbonyl (C=O) groups is 2. The van der Waals surface area contributed by atoms with E-state index in [4.69, 9.17) is 15.2 Å². The summed E-state index contributed by atoms with van der Waals surface area (Å²) < 4.78 is 39.6. The lowest BCUT2D eigenvalue weighted by Gasteiger charge is -2.11. The number of nitrogens with one attached hydrogen (secondary N) is 3. The Bertz CT molecular complexity index is 1390. The largest absolute Gasteiger partial charge is 0.497 e. The zero-order valence-electron chi connectivity index (χ0n) is 20.9. The van der Waals surface area contributed by atoms with Crippen LogP contribution >= 0.6 is 11.3 Å². The smallest absolute Gasteiger partial charge is 0.321 e. The van der Waals surface area contributed by atoms with E-state index in [-0.39, 0.29) is 44.2 Å². The number of aromatic nitrogens is 1. The molecule has 0 spiro atoms. The van der Waals surface area contributed by atoms with Crippen LogP contribution in [0.2, 0.25) is 0 Å². The minimum absolute atomic E-state index is 0.0139. The fraction of sp³-hybridized carbons (Fsp3) is 0.200. The van der Waals surface area contributed by atoms with E-state index >= 15 is 0 Å². The summed E-state index contributed by atoms with van der Waals surface area (Å²) in [6, 6.07) is 7.48. The summed E-state index contributed by atoms with van der Waals surface area (Å²) >= 11 is 0.984. The Labute approximate surface area is 221 Å². The second-order valence-corrected chi connectivity index (χ2v) is 8.68. The van der Waals surface area contributed by atoms with E-state index < -0.39 is 23.6 Å². The molecule has 1 heterocycles. The van der Waals surface area contributed by atoms with Gasteiger partial charge in [0.05, 0.1) is 25.6 Å². The number of carbonyl (C=O) groups excluding carboxylic acids is 2. The highest BCUT2D eigenvalue weighted by atomic mass is 32.1. The fourth-order valence-corrected chi connectivity index (χ4v) is 3.96. The van der Waals surface area contributed by atoms with E-state index in [2.05, 4.69) is 32.5 Å². The number of anilines is 3. The highest BCUT2D eigenvalue weighted by molar-refractivity contribution is 7.18. The molecule has 38 heavy (non-hydrogen) atoms. The Morgan fingerprint density at radius 1 is 1.16 bits per heavy atom. The van der Waals surface area contributed by atoms with Crippen molar-refractivity contribution in [1.29, 1.82) is 0 Å². The zero-order chi connectivity index (χ0) is 27.8. The Balaban J connectivity index is 1.86. The molecule has 0 saturated carbocycles. The standard InChI is InChI=1S/C25H26F2N6O4S/c1-5-9-29-24(35)33-25-32-21(28)20(38-25)23(37-4)30-13(2)16-11-19(18(27)12-17(16)26)31-22(34)14-7-6-8-15(10-14)36-3/h6-8,10-12H,2,5,9,28H2,1,3-4H3,(H,31,34)(H2,29,32,33,35). The lowest BCUT2D eigenvalue weighted by molar-refractivity contribution is 0.102. The second-order valence-electron chi connectivity index (χ2n) is 7.68. The quantitative estimate of drug-likeness (QED) is 0.224. The van der Waals surface area contributed by atoms with Crippen molar-refractivity contribution in [3.05, 3.63) is 70.6 Å². The van der Waals surface area contributed by atoms with Gasteiger partial charge in [-0.05, 0) is 30.7 Å². The first-order valence-corrected chi connectivity index (χ1v) is 12.1. The average Bonchev–Trinajstić information content (AvgIpc) is 3.26. The van der Waals surface area contributed by atoms with Crippen LogP contribution in [0.1, 0.15) is 34.1 Å². The number of methoxy groups -OCH3 is 2. The number of ether oxygens (including phenoxy) is 2. The van der Waals surface area contributed by atoms with Gasteiger partial charge in [-0.1, -0.05) is 30.9 Å². The number of aliphatic imine (C=N–C) groups is 1. The third-order valence-corrected chi connectivity index (χ3v) is 5.96. The van der Waals surface area contributed by atoms with Gasteiger partial charge in [0.25, 0.3) is 5.91 Å². The van der Waals surface area contributed by atoms with Gasteiger partial charge in [-0.25, -0.2) is 23.6 Å². The number of urea groups is 1. The molecule has 3 aromatic rings. The molecule has 3 rings (SSSR count). The Morgan fingerprint density at radius 2 is 1.92 bits per heavy atom. The Hall–Kier alpha value is -4.52. The first-order valence-electron chi connectivity index (χ1n) is 11.2. The molecule has 13 heteroatoms. The van der Waals surface area contributed by atoms with Crippen molar-refractivity contribution < 1.29 is 27.8 Å². The predicted octanol–water partition coefficient (Wildman–Crippen LogP) is 4.86. The molecule has 0 aliphatic heterocycles. The fourth-order valence-electron chi connectivity index (χ4n) is 3.12. The van der Waals surface area contributed by atoms with E-state index in [9.17, 15) is 18.4 Å². The van der Waals surface area contributed by atoms with Crippen LogP contribution in [-0.2, 0) is 4.74 Å². The van der Waals surface area contributed by atoms with Gasteiger partial charge in [0.1, 0.15) is 28.1 Å². The number of nitrogens with two attached hydrogens (primary N) is 1. The molecule has 0 aliphatic rings. The molecule has 0 radical (unpaired) electrons. The van der Waals surface area contributed by atoms with Crippen LogP contribution in [0.15, 0.2) is 48.0 Å². The minimum Gasteiger partial charge on any atom is -0.497 e. The Kier molecular flexibility index (Phi) is 9.33. The van der Waals surface area contributed by atoms with Crippen molar-refractivity contribution in [2.24, 2.45) is 4.99 Å². The lowest BCUT2D eigenvalue weighted by Crippen LogP contribution is -2.29.